The summed E-state index contributed by atoms with van der Waals surface area (Å²) >= 11 is 0. The number of hydrogen-bond donors (Lipinski definition) is 0. The van der Waals surface area contributed by atoms with Crippen LogP contribution in [0.4, 0.5) is 0 Å². The third kappa shape index (κ3) is 1.69. The molecule has 1 saturated carbocycles. The number of hydrogen-bond acceptors (Lipinski definition) is 0. The number of rotatable bonds is 2. The Morgan fingerprint density at radius 3 is 2.38 bits per heavy atom. The quantitative estimate of drug-likeness (QED) is 0.703. The van der Waals surface area contributed by atoms with Crippen LogP contribution in [0.1, 0.15) is 24.8 Å². The highest BCUT2D eigenvalue weighted by Crippen LogP contribution is 2.29. The van der Waals surface area contributed by atoms with Gasteiger partial charge in [0.05, 0.1) is 5.69 Å². The fraction of sp³-hybridized carbons (Fsp3) is 0.200. The van der Waals surface area contributed by atoms with E-state index in [-0.39, 0.29) is 0 Å². The third-order valence-corrected chi connectivity index (χ3v) is 3.17. The molecule has 0 N–H and O–H groups in total. The van der Waals surface area contributed by atoms with Crippen LogP contribution in [-0.2, 0) is 0 Å². The summed E-state index contributed by atoms with van der Waals surface area (Å²) in [6.45, 7) is 0. The van der Waals surface area contributed by atoms with E-state index in [9.17, 15) is 0 Å². The summed E-state index contributed by atoms with van der Waals surface area (Å²) in [5, 5.41) is 0. The first-order valence-corrected chi connectivity index (χ1v) is 5.85. The topological polar surface area (TPSA) is 4.93 Å². The molecule has 1 fully saturated rings. The molecule has 0 unspecified atom stereocenters. The fourth-order valence-corrected chi connectivity index (χ4v) is 2.08. The van der Waals surface area contributed by atoms with Crippen LogP contribution in [0.2, 0.25) is 0 Å². The lowest BCUT2D eigenvalue weighted by molar-refractivity contribution is 0.670. The molecule has 0 saturated heterocycles. The summed E-state index contributed by atoms with van der Waals surface area (Å²) in [5.74, 6) is 0. The van der Waals surface area contributed by atoms with E-state index in [4.69, 9.17) is 0 Å². The van der Waals surface area contributed by atoms with Gasteiger partial charge in [0.1, 0.15) is 0 Å². The van der Waals surface area contributed by atoms with E-state index in [1.165, 1.54) is 30.5 Å². The number of aromatic nitrogens is 1. The van der Waals surface area contributed by atoms with Gasteiger partial charge in [0.15, 0.2) is 0 Å². The van der Waals surface area contributed by atoms with Gasteiger partial charge in [-0.25, -0.2) is 0 Å². The second kappa shape index (κ2) is 4.01. The summed E-state index contributed by atoms with van der Waals surface area (Å²) in [7, 11) is 0. The number of benzene rings is 1. The summed E-state index contributed by atoms with van der Waals surface area (Å²) in [4.78, 5) is 0. The molecule has 0 bridgehead atoms. The second-order valence-corrected chi connectivity index (χ2v) is 4.31. The van der Waals surface area contributed by atoms with Crippen molar-refractivity contribution in [1.29, 1.82) is 0 Å². The zero-order valence-corrected chi connectivity index (χ0v) is 9.26. The van der Waals surface area contributed by atoms with E-state index in [0.717, 1.165) is 0 Å². The molecule has 1 nitrogen and oxygen atoms in total. The van der Waals surface area contributed by atoms with E-state index in [1.54, 1.807) is 5.57 Å². The Kier molecular flexibility index (Phi) is 2.37. The van der Waals surface area contributed by atoms with Crippen LogP contribution in [0.15, 0.2) is 54.4 Å². The first-order valence-electron chi connectivity index (χ1n) is 5.85. The monoisotopic (exact) mass is 209 g/mol. The van der Waals surface area contributed by atoms with Crippen molar-refractivity contribution >= 4 is 6.08 Å². The normalized spacial score (nSPS) is 14.6. The minimum Gasteiger partial charge on any atom is -0.323 e. The van der Waals surface area contributed by atoms with Crippen molar-refractivity contribution in [2.24, 2.45) is 0 Å². The van der Waals surface area contributed by atoms with E-state index in [0.29, 0.717) is 0 Å². The Hall–Kier alpha value is -1.76. The molecule has 1 heterocycles. The summed E-state index contributed by atoms with van der Waals surface area (Å²) < 4.78 is 2.17. The fourth-order valence-electron chi connectivity index (χ4n) is 2.08. The lowest BCUT2D eigenvalue weighted by atomic mass is 9.90. The van der Waals surface area contributed by atoms with Crippen LogP contribution in [0.25, 0.3) is 11.8 Å². The smallest absolute Gasteiger partial charge is 0.0521 e. The molecule has 0 spiro atoms. The van der Waals surface area contributed by atoms with Crippen molar-refractivity contribution in [3.8, 4) is 5.69 Å². The van der Waals surface area contributed by atoms with Crippen molar-refractivity contribution in [2.45, 2.75) is 19.3 Å². The predicted molar refractivity (Wildman–Crippen MR) is 67.6 cm³/mol. The molecular weight excluding hydrogens is 194 g/mol. The lowest BCUT2D eigenvalue weighted by Crippen LogP contribution is -1.98. The average molecular weight is 209 g/mol. The van der Waals surface area contributed by atoms with Crippen molar-refractivity contribution in [1.82, 2.24) is 4.57 Å². The van der Waals surface area contributed by atoms with Crippen molar-refractivity contribution < 1.29 is 0 Å². The van der Waals surface area contributed by atoms with E-state index in [1.807, 2.05) is 0 Å². The zero-order valence-electron chi connectivity index (χ0n) is 9.26. The highest BCUT2D eigenvalue weighted by molar-refractivity contribution is 5.63. The largest absolute Gasteiger partial charge is 0.323 e. The molecule has 1 aliphatic rings. The molecule has 80 valence electrons. The summed E-state index contributed by atoms with van der Waals surface area (Å²) in [5.41, 5.74) is 4.18. The molecule has 16 heavy (non-hydrogen) atoms. The molecule has 2 aromatic rings. The summed E-state index contributed by atoms with van der Waals surface area (Å²) in [6.07, 6.45) is 10.5. The molecule has 0 atom stereocenters. The maximum Gasteiger partial charge on any atom is 0.0521 e. The second-order valence-electron chi connectivity index (χ2n) is 4.31. The maximum absolute atomic E-state index is 2.35. The highest BCUT2D eigenvalue weighted by atomic mass is 14.9. The first-order chi connectivity index (χ1) is 7.93. The van der Waals surface area contributed by atoms with Crippen LogP contribution in [0, 0.1) is 0 Å². The van der Waals surface area contributed by atoms with Gasteiger partial charge in [0.2, 0.25) is 0 Å². The Balaban J connectivity index is 2.04. The van der Waals surface area contributed by atoms with Gasteiger partial charge in [0.25, 0.3) is 0 Å². The molecule has 0 aliphatic heterocycles. The van der Waals surface area contributed by atoms with Gasteiger partial charge in [-0.2, -0.15) is 0 Å². The molecule has 1 aromatic heterocycles. The van der Waals surface area contributed by atoms with E-state index >= 15 is 0 Å². The molecular formula is C15H15N. The van der Waals surface area contributed by atoms with Gasteiger partial charge >= 0.3 is 0 Å². The Morgan fingerprint density at radius 2 is 1.69 bits per heavy atom. The first kappa shape index (κ1) is 9.46. The van der Waals surface area contributed by atoms with Gasteiger partial charge in [-0.05, 0) is 43.0 Å². The third-order valence-electron chi connectivity index (χ3n) is 3.17. The maximum atomic E-state index is 2.35. The summed E-state index contributed by atoms with van der Waals surface area (Å²) in [6, 6.07) is 12.7. The molecule has 0 amide bonds. The molecule has 1 aliphatic carbocycles. The van der Waals surface area contributed by atoms with Crippen LogP contribution in [0.5, 0.6) is 0 Å². The Morgan fingerprint density at radius 1 is 0.938 bits per heavy atom. The van der Waals surface area contributed by atoms with Crippen LogP contribution in [-0.4, -0.2) is 4.57 Å². The Bertz CT molecular complexity index is 500. The van der Waals surface area contributed by atoms with Gasteiger partial charge in [-0.1, -0.05) is 29.8 Å². The standard InChI is InChI=1S/C15H15N/c1-2-9-15(16-10-3-4-11-16)14(8-1)12-13-6-5-7-13/h1-4,8-12H,5-7H2. The van der Waals surface area contributed by atoms with Gasteiger partial charge in [-0.3, -0.25) is 0 Å². The predicted octanol–water partition coefficient (Wildman–Crippen LogP) is 4.04. The number of para-hydroxylation sites is 1. The SMILES string of the molecule is C(=C1CCC1)c1ccccc1-n1cccc1. The number of allylic oxidation sites excluding steroid dienone is 1. The van der Waals surface area contributed by atoms with E-state index in [2.05, 4.69) is 59.4 Å². The minimum absolute atomic E-state index is 1.27. The molecule has 1 heteroatoms. The van der Waals surface area contributed by atoms with E-state index < -0.39 is 0 Å². The zero-order chi connectivity index (χ0) is 10.8. The van der Waals surface area contributed by atoms with Crippen LogP contribution < -0.4 is 0 Å². The highest BCUT2D eigenvalue weighted by Gasteiger charge is 2.09. The lowest BCUT2D eigenvalue weighted by Gasteiger charge is -2.17. The van der Waals surface area contributed by atoms with Gasteiger partial charge in [0, 0.05) is 12.4 Å². The van der Waals surface area contributed by atoms with Crippen molar-refractivity contribution in [3.63, 3.8) is 0 Å². The molecule has 0 radical (unpaired) electrons. The van der Waals surface area contributed by atoms with Gasteiger partial charge in [-0.15, -0.1) is 0 Å². The van der Waals surface area contributed by atoms with Crippen molar-refractivity contribution in [2.75, 3.05) is 0 Å². The Labute approximate surface area is 96.0 Å². The minimum atomic E-state index is 1.27. The number of nitrogens with zero attached hydrogens (tertiary/aromatic N) is 1. The van der Waals surface area contributed by atoms with Crippen LogP contribution >= 0.6 is 0 Å². The molecule has 3 rings (SSSR count). The molecule has 1 aromatic carbocycles. The average Bonchev–Trinajstić information content (AvgIpc) is 2.77. The van der Waals surface area contributed by atoms with Crippen molar-refractivity contribution in [3.05, 3.63) is 59.9 Å². The van der Waals surface area contributed by atoms with Gasteiger partial charge < -0.3 is 4.57 Å². The van der Waals surface area contributed by atoms with Crippen LogP contribution in [0.3, 0.4) is 0 Å².